The molecule has 0 aliphatic carbocycles. The molecular weight excluding hydrogens is 326 g/mol. The van der Waals surface area contributed by atoms with Crippen LogP contribution < -0.4 is 5.56 Å². The lowest BCUT2D eigenvalue weighted by molar-refractivity contribution is 0.745. The van der Waals surface area contributed by atoms with Crippen LogP contribution in [0.1, 0.15) is 16.7 Å². The maximum atomic E-state index is 12.8. The fourth-order valence-corrected chi connectivity index (χ4v) is 2.89. The van der Waals surface area contributed by atoms with Crippen molar-refractivity contribution in [2.45, 2.75) is 13.5 Å². The summed E-state index contributed by atoms with van der Waals surface area (Å²) in [5.74, 6) is 0. The second kappa shape index (κ2) is 6.30. The van der Waals surface area contributed by atoms with Crippen molar-refractivity contribution in [1.29, 1.82) is 5.26 Å². The van der Waals surface area contributed by atoms with Crippen LogP contribution in [0.3, 0.4) is 0 Å². The average Bonchev–Trinajstić information content (AvgIpc) is 3.09. The molecule has 0 amide bonds. The number of hydrogen-bond donors (Lipinski definition) is 0. The van der Waals surface area contributed by atoms with E-state index < -0.39 is 0 Å². The fourth-order valence-electron chi connectivity index (χ4n) is 2.89. The Kier molecular flexibility index (Phi) is 3.82. The first kappa shape index (κ1) is 15.8. The van der Waals surface area contributed by atoms with E-state index in [9.17, 15) is 4.79 Å². The Morgan fingerprint density at radius 3 is 2.69 bits per heavy atom. The van der Waals surface area contributed by atoms with Crippen LogP contribution in [-0.4, -0.2) is 19.3 Å². The highest BCUT2D eigenvalue weighted by molar-refractivity contribution is 5.75. The number of nitrogens with zero attached hydrogens (tertiary/aromatic N) is 5. The van der Waals surface area contributed by atoms with Crippen molar-refractivity contribution in [2.24, 2.45) is 0 Å². The van der Waals surface area contributed by atoms with Crippen molar-refractivity contribution >= 4 is 11.0 Å². The van der Waals surface area contributed by atoms with Gasteiger partial charge >= 0.3 is 0 Å². The van der Waals surface area contributed by atoms with Crippen molar-refractivity contribution in [3.8, 4) is 11.8 Å². The van der Waals surface area contributed by atoms with Gasteiger partial charge in [-0.15, -0.1) is 0 Å². The predicted octanol–water partition coefficient (Wildman–Crippen LogP) is 2.81. The van der Waals surface area contributed by atoms with Gasteiger partial charge in [0, 0.05) is 0 Å². The Morgan fingerprint density at radius 1 is 1.15 bits per heavy atom. The molecule has 2 aromatic heterocycles. The molecular formula is C20H15N5O. The summed E-state index contributed by atoms with van der Waals surface area (Å²) < 4.78 is 3.22. The van der Waals surface area contributed by atoms with E-state index in [1.807, 2.05) is 43.3 Å². The van der Waals surface area contributed by atoms with Crippen LogP contribution in [0.4, 0.5) is 0 Å². The van der Waals surface area contributed by atoms with E-state index >= 15 is 0 Å². The van der Waals surface area contributed by atoms with Gasteiger partial charge in [-0.05, 0) is 42.3 Å². The van der Waals surface area contributed by atoms with E-state index in [1.165, 1.54) is 6.33 Å². The number of fused-ring (bicyclic) bond motifs is 1. The minimum absolute atomic E-state index is 0.140. The summed E-state index contributed by atoms with van der Waals surface area (Å²) in [6.45, 7) is 2.40. The van der Waals surface area contributed by atoms with Gasteiger partial charge in [0.15, 0.2) is 5.65 Å². The number of hydrogen-bond acceptors (Lipinski definition) is 4. The largest absolute Gasteiger partial charge is 0.294 e. The van der Waals surface area contributed by atoms with Crippen LogP contribution >= 0.6 is 0 Å². The Bertz CT molecular complexity index is 1200. The molecule has 126 valence electrons. The summed E-state index contributed by atoms with van der Waals surface area (Å²) in [5, 5.41) is 13.7. The van der Waals surface area contributed by atoms with E-state index in [4.69, 9.17) is 5.26 Å². The second-order valence-electron chi connectivity index (χ2n) is 6.12. The van der Waals surface area contributed by atoms with E-state index in [1.54, 1.807) is 27.6 Å². The highest BCUT2D eigenvalue weighted by Crippen LogP contribution is 2.15. The third-order valence-corrected chi connectivity index (χ3v) is 4.24. The SMILES string of the molecule is Cc1cccc(-n2ncc3c(=O)n(Cc4ccc(C#N)cc4)cnc32)c1. The number of aryl methyl sites for hydroxylation is 1. The van der Waals surface area contributed by atoms with Gasteiger partial charge in [-0.1, -0.05) is 24.3 Å². The van der Waals surface area contributed by atoms with E-state index in [-0.39, 0.29) is 5.56 Å². The smallest absolute Gasteiger partial charge is 0.264 e. The summed E-state index contributed by atoms with van der Waals surface area (Å²) in [7, 11) is 0. The molecule has 2 heterocycles. The van der Waals surface area contributed by atoms with Gasteiger partial charge in [0.1, 0.15) is 11.7 Å². The van der Waals surface area contributed by atoms with Crippen LogP contribution in [0.15, 0.2) is 65.8 Å². The monoisotopic (exact) mass is 341 g/mol. The lowest BCUT2D eigenvalue weighted by Crippen LogP contribution is -2.21. The topological polar surface area (TPSA) is 76.5 Å². The first-order valence-corrected chi connectivity index (χ1v) is 8.15. The number of rotatable bonds is 3. The molecule has 0 radical (unpaired) electrons. The maximum absolute atomic E-state index is 12.8. The van der Waals surface area contributed by atoms with Crippen molar-refractivity contribution in [1.82, 2.24) is 19.3 Å². The zero-order valence-electron chi connectivity index (χ0n) is 14.1. The van der Waals surface area contributed by atoms with Crippen LogP contribution in [-0.2, 0) is 6.54 Å². The van der Waals surface area contributed by atoms with Gasteiger partial charge in [0.2, 0.25) is 0 Å². The lowest BCUT2D eigenvalue weighted by Gasteiger charge is -2.07. The molecule has 0 fully saturated rings. The average molecular weight is 341 g/mol. The Balaban J connectivity index is 1.74. The molecule has 6 nitrogen and oxygen atoms in total. The Labute approximate surface area is 149 Å². The first-order chi connectivity index (χ1) is 12.7. The van der Waals surface area contributed by atoms with E-state index in [2.05, 4.69) is 16.2 Å². The van der Waals surface area contributed by atoms with Gasteiger partial charge in [0.05, 0.1) is 30.1 Å². The van der Waals surface area contributed by atoms with Crippen molar-refractivity contribution in [2.75, 3.05) is 0 Å². The zero-order chi connectivity index (χ0) is 18.1. The van der Waals surface area contributed by atoms with Gasteiger partial charge in [0.25, 0.3) is 5.56 Å². The third kappa shape index (κ3) is 2.76. The summed E-state index contributed by atoms with van der Waals surface area (Å²) in [4.78, 5) is 17.2. The molecule has 0 saturated carbocycles. The highest BCUT2D eigenvalue weighted by Gasteiger charge is 2.11. The minimum Gasteiger partial charge on any atom is -0.294 e. The highest BCUT2D eigenvalue weighted by atomic mass is 16.1. The molecule has 4 rings (SSSR count). The van der Waals surface area contributed by atoms with Gasteiger partial charge in [-0.25, -0.2) is 9.67 Å². The molecule has 0 aliphatic heterocycles. The molecule has 0 atom stereocenters. The molecule has 0 aliphatic rings. The quantitative estimate of drug-likeness (QED) is 0.574. The first-order valence-electron chi connectivity index (χ1n) is 8.15. The molecule has 0 N–H and O–H groups in total. The van der Waals surface area contributed by atoms with Gasteiger partial charge < -0.3 is 0 Å². The van der Waals surface area contributed by atoms with Crippen molar-refractivity contribution < 1.29 is 0 Å². The normalized spacial score (nSPS) is 10.8. The van der Waals surface area contributed by atoms with Gasteiger partial charge in [-0.2, -0.15) is 10.4 Å². The lowest BCUT2D eigenvalue weighted by atomic mass is 10.1. The molecule has 2 aromatic carbocycles. The van der Waals surface area contributed by atoms with Gasteiger partial charge in [-0.3, -0.25) is 9.36 Å². The number of aromatic nitrogens is 4. The molecule has 0 bridgehead atoms. The van der Waals surface area contributed by atoms with Crippen molar-refractivity contribution in [3.63, 3.8) is 0 Å². The third-order valence-electron chi connectivity index (χ3n) is 4.24. The molecule has 0 saturated heterocycles. The molecule has 6 heteroatoms. The van der Waals surface area contributed by atoms with Crippen LogP contribution in [0.2, 0.25) is 0 Å². The fraction of sp³-hybridized carbons (Fsp3) is 0.100. The second-order valence-corrected chi connectivity index (χ2v) is 6.12. The standard InChI is InChI=1S/C20H15N5O/c1-14-3-2-4-17(9-14)25-19-18(11-23-25)20(26)24(13-22-19)12-16-7-5-15(10-21)6-8-16/h2-9,11,13H,12H2,1H3. The molecule has 26 heavy (non-hydrogen) atoms. The summed E-state index contributed by atoms with van der Waals surface area (Å²) in [6.07, 6.45) is 3.10. The van der Waals surface area contributed by atoms with Crippen LogP contribution in [0.5, 0.6) is 0 Å². The maximum Gasteiger partial charge on any atom is 0.264 e. The summed E-state index contributed by atoms with van der Waals surface area (Å²) in [5.41, 5.74) is 3.90. The Hall–Kier alpha value is -3.72. The van der Waals surface area contributed by atoms with Crippen LogP contribution in [0.25, 0.3) is 16.7 Å². The zero-order valence-corrected chi connectivity index (χ0v) is 14.1. The van der Waals surface area contributed by atoms with Crippen LogP contribution in [0, 0.1) is 18.3 Å². The number of nitriles is 1. The van der Waals surface area contributed by atoms with E-state index in [0.29, 0.717) is 23.1 Å². The minimum atomic E-state index is -0.140. The predicted molar refractivity (Wildman–Crippen MR) is 98.1 cm³/mol. The van der Waals surface area contributed by atoms with E-state index in [0.717, 1.165) is 16.8 Å². The summed E-state index contributed by atoms with van der Waals surface area (Å²) >= 11 is 0. The summed E-state index contributed by atoms with van der Waals surface area (Å²) in [6, 6.07) is 17.1. The molecule has 0 unspecified atom stereocenters. The molecule has 4 aromatic rings. The number of benzene rings is 2. The Morgan fingerprint density at radius 2 is 1.96 bits per heavy atom. The van der Waals surface area contributed by atoms with Crippen molar-refractivity contribution in [3.05, 3.63) is 88.1 Å². The molecule has 0 spiro atoms.